The minimum Gasteiger partial charge on any atom is -0.331 e. The van der Waals surface area contributed by atoms with Gasteiger partial charge in [0.25, 0.3) is 0 Å². The van der Waals surface area contributed by atoms with E-state index >= 15 is 0 Å². The van der Waals surface area contributed by atoms with Crippen LogP contribution < -0.4 is 4.98 Å². The fourth-order valence-corrected chi connectivity index (χ4v) is 1.80. The maximum atomic E-state index is 3.42. The molecule has 10 heavy (non-hydrogen) atoms. The molecule has 0 fully saturated rings. The Morgan fingerprint density at radius 2 is 2.10 bits per heavy atom. The summed E-state index contributed by atoms with van der Waals surface area (Å²) < 4.78 is 2.45. The van der Waals surface area contributed by atoms with Gasteiger partial charge < -0.3 is 9.55 Å². The van der Waals surface area contributed by atoms with E-state index in [0.29, 0.717) is 0 Å². The zero-order chi connectivity index (χ0) is 7.82. The van der Waals surface area contributed by atoms with Crippen molar-refractivity contribution < 1.29 is 0 Å². The summed E-state index contributed by atoms with van der Waals surface area (Å²) in [7, 11) is 2.11. The molecule has 0 aromatic heterocycles. The van der Waals surface area contributed by atoms with Gasteiger partial charge in [0, 0.05) is 0 Å². The van der Waals surface area contributed by atoms with Crippen LogP contribution in [-0.4, -0.2) is 34.5 Å². The molecule has 0 heterocycles. The molecule has 62 valence electrons. The van der Waals surface area contributed by atoms with Crippen molar-refractivity contribution >= 4 is 9.84 Å². The van der Waals surface area contributed by atoms with Gasteiger partial charge in [-0.3, -0.25) is 0 Å². The quantitative estimate of drug-likeness (QED) is 0.563. The summed E-state index contributed by atoms with van der Waals surface area (Å²) in [6, 6.07) is 0. The van der Waals surface area contributed by atoms with Gasteiger partial charge in [0.05, 0.1) is 0 Å². The number of hydrogen-bond acceptors (Lipinski definition) is 2. The molecule has 0 aromatic carbocycles. The largest absolute Gasteiger partial charge is 0.331 e. The summed E-state index contributed by atoms with van der Waals surface area (Å²) in [5.41, 5.74) is 0. The van der Waals surface area contributed by atoms with Crippen LogP contribution >= 0.6 is 0 Å². The minimum absolute atomic E-state index is 0.101. The van der Waals surface area contributed by atoms with Crippen LogP contribution in [0.4, 0.5) is 0 Å². The van der Waals surface area contributed by atoms with Crippen LogP contribution in [0.3, 0.4) is 0 Å². The standard InChI is InChI=1S/C7H20N2Si/c1-4-6-7-9(3)10-8-5-2/h8H,4-7,10H2,1-3H3. The van der Waals surface area contributed by atoms with Crippen LogP contribution in [0, 0.1) is 0 Å². The molecular formula is C7H20N2Si. The molecule has 0 atom stereocenters. The summed E-state index contributed by atoms with van der Waals surface area (Å²) in [5, 5.41) is 0. The van der Waals surface area contributed by atoms with E-state index < -0.39 is 0 Å². The molecule has 0 aliphatic rings. The first-order valence-corrected chi connectivity index (χ1v) is 5.54. The van der Waals surface area contributed by atoms with Crippen molar-refractivity contribution in [3.8, 4) is 0 Å². The first-order chi connectivity index (χ1) is 4.81. The van der Waals surface area contributed by atoms with Crippen molar-refractivity contribution in [3.63, 3.8) is 0 Å². The van der Waals surface area contributed by atoms with E-state index in [1.807, 2.05) is 0 Å². The average molecular weight is 160 g/mol. The molecule has 0 radical (unpaired) electrons. The number of nitrogens with zero attached hydrogens (tertiary/aromatic N) is 1. The summed E-state index contributed by atoms with van der Waals surface area (Å²) in [6.45, 7) is 6.81. The molecular weight excluding hydrogens is 140 g/mol. The van der Waals surface area contributed by atoms with Gasteiger partial charge in [0.15, 0.2) is 9.84 Å². The topological polar surface area (TPSA) is 15.3 Å². The molecule has 0 bridgehead atoms. The highest BCUT2D eigenvalue weighted by Crippen LogP contribution is 1.87. The Labute approximate surface area is 67.0 Å². The molecule has 0 spiro atoms. The van der Waals surface area contributed by atoms with Crippen molar-refractivity contribution in [3.05, 3.63) is 0 Å². The second-order valence-corrected chi connectivity index (χ2v) is 4.59. The Morgan fingerprint density at radius 3 is 2.60 bits per heavy atom. The molecule has 0 aliphatic heterocycles. The fraction of sp³-hybridized carbons (Fsp3) is 1.00. The average Bonchev–Trinajstić information content (AvgIpc) is 1.97. The van der Waals surface area contributed by atoms with E-state index in [9.17, 15) is 0 Å². The first-order valence-electron chi connectivity index (χ1n) is 4.20. The van der Waals surface area contributed by atoms with Crippen LogP contribution in [-0.2, 0) is 0 Å². The van der Waals surface area contributed by atoms with Crippen LogP contribution in [0.2, 0.25) is 0 Å². The maximum absolute atomic E-state index is 3.42. The Balaban J connectivity index is 3.00. The summed E-state index contributed by atoms with van der Waals surface area (Å²) in [5.74, 6) is 0. The normalized spacial score (nSPS) is 12.0. The molecule has 0 rings (SSSR count). The predicted molar refractivity (Wildman–Crippen MR) is 49.8 cm³/mol. The summed E-state index contributed by atoms with van der Waals surface area (Å²) in [6.07, 6.45) is 2.65. The lowest BCUT2D eigenvalue weighted by Gasteiger charge is -2.14. The van der Waals surface area contributed by atoms with E-state index in [4.69, 9.17) is 0 Å². The van der Waals surface area contributed by atoms with Crippen molar-refractivity contribution in [2.75, 3.05) is 20.1 Å². The van der Waals surface area contributed by atoms with E-state index in [1.54, 1.807) is 0 Å². The highest BCUT2D eigenvalue weighted by Gasteiger charge is 1.94. The second-order valence-electron chi connectivity index (χ2n) is 2.69. The highest BCUT2D eigenvalue weighted by atomic mass is 28.2. The maximum Gasteiger partial charge on any atom is 0.170 e. The van der Waals surface area contributed by atoms with Gasteiger partial charge in [-0.05, 0) is 26.6 Å². The fourth-order valence-electron chi connectivity index (χ4n) is 0.810. The van der Waals surface area contributed by atoms with E-state index in [2.05, 4.69) is 30.4 Å². The lowest BCUT2D eigenvalue weighted by Crippen LogP contribution is -2.35. The Kier molecular flexibility index (Phi) is 7.35. The van der Waals surface area contributed by atoms with Crippen molar-refractivity contribution in [1.82, 2.24) is 9.55 Å². The Hall–Kier alpha value is 0.137. The van der Waals surface area contributed by atoms with Gasteiger partial charge >= 0.3 is 0 Å². The Bertz CT molecular complexity index is 60.6. The SMILES string of the molecule is CCCCN(C)[SiH2]NCC. The van der Waals surface area contributed by atoms with Crippen molar-refractivity contribution in [1.29, 1.82) is 0 Å². The van der Waals surface area contributed by atoms with Crippen molar-refractivity contribution in [2.24, 2.45) is 0 Å². The Morgan fingerprint density at radius 1 is 1.40 bits per heavy atom. The first kappa shape index (κ1) is 10.1. The lowest BCUT2D eigenvalue weighted by atomic mass is 10.3. The third-order valence-electron chi connectivity index (χ3n) is 1.53. The van der Waals surface area contributed by atoms with Gasteiger partial charge in [-0.1, -0.05) is 20.3 Å². The number of hydrogen-bond donors (Lipinski definition) is 1. The molecule has 0 saturated carbocycles. The van der Waals surface area contributed by atoms with Crippen LogP contribution in [0.1, 0.15) is 26.7 Å². The number of rotatable bonds is 6. The van der Waals surface area contributed by atoms with Gasteiger partial charge in [0.2, 0.25) is 0 Å². The van der Waals surface area contributed by atoms with E-state index in [1.165, 1.54) is 19.4 Å². The van der Waals surface area contributed by atoms with Crippen molar-refractivity contribution in [2.45, 2.75) is 26.7 Å². The monoisotopic (exact) mass is 160 g/mol. The molecule has 0 unspecified atom stereocenters. The van der Waals surface area contributed by atoms with Gasteiger partial charge in [0.1, 0.15) is 0 Å². The second kappa shape index (κ2) is 7.25. The molecule has 0 saturated heterocycles. The predicted octanol–water partition coefficient (Wildman–Crippen LogP) is 0.327. The number of nitrogens with one attached hydrogen (secondary N) is 1. The van der Waals surface area contributed by atoms with Gasteiger partial charge in [-0.2, -0.15) is 0 Å². The third-order valence-corrected chi connectivity index (χ3v) is 3.10. The van der Waals surface area contributed by atoms with Crippen LogP contribution in [0.5, 0.6) is 0 Å². The zero-order valence-electron chi connectivity index (χ0n) is 7.48. The van der Waals surface area contributed by atoms with Gasteiger partial charge in [-0.25, -0.2) is 0 Å². The summed E-state index contributed by atoms with van der Waals surface area (Å²) >= 11 is 0. The van der Waals surface area contributed by atoms with E-state index in [-0.39, 0.29) is 9.84 Å². The third kappa shape index (κ3) is 6.26. The van der Waals surface area contributed by atoms with Crippen LogP contribution in [0.15, 0.2) is 0 Å². The molecule has 0 amide bonds. The molecule has 2 nitrogen and oxygen atoms in total. The van der Waals surface area contributed by atoms with E-state index in [0.717, 1.165) is 6.54 Å². The molecule has 3 heteroatoms. The minimum atomic E-state index is -0.101. The number of unbranched alkanes of at least 4 members (excludes halogenated alkanes) is 1. The zero-order valence-corrected chi connectivity index (χ0v) is 8.90. The highest BCUT2D eigenvalue weighted by molar-refractivity contribution is 6.28. The van der Waals surface area contributed by atoms with Gasteiger partial charge in [-0.15, -0.1) is 0 Å². The molecule has 0 aliphatic carbocycles. The molecule has 1 N–H and O–H groups in total. The lowest BCUT2D eigenvalue weighted by molar-refractivity contribution is 0.501. The summed E-state index contributed by atoms with van der Waals surface area (Å²) in [4.78, 5) is 3.42. The van der Waals surface area contributed by atoms with Crippen LogP contribution in [0.25, 0.3) is 0 Å². The smallest absolute Gasteiger partial charge is 0.170 e. The molecule has 0 aromatic rings.